The first-order valence-corrected chi connectivity index (χ1v) is 5.72. The largest absolute Gasteiger partial charge is 0.373 e. The lowest BCUT2D eigenvalue weighted by atomic mass is 10.3. The van der Waals surface area contributed by atoms with Gasteiger partial charge in [0.2, 0.25) is 0 Å². The van der Waals surface area contributed by atoms with E-state index in [-0.39, 0.29) is 0 Å². The molecule has 18 heavy (non-hydrogen) atoms. The van der Waals surface area contributed by atoms with Gasteiger partial charge in [-0.2, -0.15) is 0 Å². The second kappa shape index (κ2) is 5.39. The SMILES string of the molecule is CNc1ncnc(NCc2ccnc(C)n2)c1C. The molecule has 0 bridgehead atoms. The number of anilines is 2. The predicted molar refractivity (Wildman–Crippen MR) is 70.4 cm³/mol. The van der Waals surface area contributed by atoms with Crippen LogP contribution in [0.5, 0.6) is 0 Å². The Hall–Kier alpha value is -2.24. The lowest BCUT2D eigenvalue weighted by molar-refractivity contribution is 0.945. The van der Waals surface area contributed by atoms with E-state index in [4.69, 9.17) is 0 Å². The molecule has 0 aliphatic carbocycles. The van der Waals surface area contributed by atoms with Crippen molar-refractivity contribution in [3.05, 3.63) is 35.7 Å². The molecule has 2 heterocycles. The molecule has 2 N–H and O–H groups in total. The number of hydrogen-bond donors (Lipinski definition) is 2. The highest BCUT2D eigenvalue weighted by Crippen LogP contribution is 2.17. The van der Waals surface area contributed by atoms with Crippen molar-refractivity contribution in [3.63, 3.8) is 0 Å². The van der Waals surface area contributed by atoms with E-state index in [0.717, 1.165) is 28.7 Å². The maximum atomic E-state index is 4.33. The minimum atomic E-state index is 0.615. The van der Waals surface area contributed by atoms with Crippen LogP contribution in [0, 0.1) is 13.8 Å². The summed E-state index contributed by atoms with van der Waals surface area (Å²) >= 11 is 0. The molecule has 0 amide bonds. The van der Waals surface area contributed by atoms with Crippen molar-refractivity contribution >= 4 is 11.6 Å². The van der Waals surface area contributed by atoms with Crippen LogP contribution >= 0.6 is 0 Å². The molecule has 2 aromatic rings. The van der Waals surface area contributed by atoms with Crippen molar-refractivity contribution in [1.29, 1.82) is 0 Å². The zero-order valence-corrected chi connectivity index (χ0v) is 10.7. The number of nitrogens with zero attached hydrogens (tertiary/aromatic N) is 4. The molecular formula is C12H16N6. The van der Waals surface area contributed by atoms with Gasteiger partial charge in [0.1, 0.15) is 23.8 Å². The topological polar surface area (TPSA) is 75.6 Å². The van der Waals surface area contributed by atoms with Crippen molar-refractivity contribution in [2.75, 3.05) is 17.7 Å². The van der Waals surface area contributed by atoms with Crippen molar-refractivity contribution in [2.45, 2.75) is 20.4 Å². The molecule has 0 spiro atoms. The van der Waals surface area contributed by atoms with E-state index >= 15 is 0 Å². The third-order valence-electron chi connectivity index (χ3n) is 2.59. The summed E-state index contributed by atoms with van der Waals surface area (Å²) in [6.07, 6.45) is 3.29. The predicted octanol–water partition coefficient (Wildman–Crippen LogP) is 1.54. The summed E-state index contributed by atoms with van der Waals surface area (Å²) in [6, 6.07) is 1.88. The summed E-state index contributed by atoms with van der Waals surface area (Å²) in [4.78, 5) is 16.8. The molecule has 0 unspecified atom stereocenters. The summed E-state index contributed by atoms with van der Waals surface area (Å²) in [7, 11) is 1.84. The Bertz CT molecular complexity index is 540. The molecule has 0 saturated carbocycles. The van der Waals surface area contributed by atoms with Crippen LogP contribution in [-0.4, -0.2) is 27.0 Å². The summed E-state index contributed by atoms with van der Waals surface area (Å²) in [5.74, 6) is 2.40. The number of hydrogen-bond acceptors (Lipinski definition) is 6. The van der Waals surface area contributed by atoms with Gasteiger partial charge >= 0.3 is 0 Å². The van der Waals surface area contributed by atoms with Gasteiger partial charge in [-0.25, -0.2) is 19.9 Å². The molecule has 0 radical (unpaired) electrons. The highest BCUT2D eigenvalue weighted by atomic mass is 15.1. The van der Waals surface area contributed by atoms with Crippen molar-refractivity contribution in [1.82, 2.24) is 19.9 Å². The van der Waals surface area contributed by atoms with Gasteiger partial charge in [-0.1, -0.05) is 0 Å². The number of aromatic nitrogens is 4. The molecule has 0 saturated heterocycles. The summed E-state index contributed by atoms with van der Waals surface area (Å²) in [5.41, 5.74) is 1.93. The van der Waals surface area contributed by atoms with E-state index in [1.807, 2.05) is 27.0 Å². The van der Waals surface area contributed by atoms with Crippen LogP contribution in [-0.2, 0) is 6.54 Å². The van der Waals surface area contributed by atoms with Crippen LogP contribution in [0.3, 0.4) is 0 Å². The van der Waals surface area contributed by atoms with E-state index in [2.05, 4.69) is 30.6 Å². The van der Waals surface area contributed by atoms with Crippen LogP contribution in [0.15, 0.2) is 18.6 Å². The smallest absolute Gasteiger partial charge is 0.134 e. The van der Waals surface area contributed by atoms with E-state index in [9.17, 15) is 0 Å². The third-order valence-corrected chi connectivity index (χ3v) is 2.59. The van der Waals surface area contributed by atoms with Gasteiger partial charge in [0.05, 0.1) is 12.2 Å². The van der Waals surface area contributed by atoms with Crippen molar-refractivity contribution in [3.8, 4) is 0 Å². The number of rotatable bonds is 4. The molecular weight excluding hydrogens is 228 g/mol. The second-order valence-electron chi connectivity index (χ2n) is 3.89. The second-order valence-corrected chi connectivity index (χ2v) is 3.89. The van der Waals surface area contributed by atoms with Crippen LogP contribution < -0.4 is 10.6 Å². The maximum absolute atomic E-state index is 4.33. The molecule has 0 atom stereocenters. The Morgan fingerprint density at radius 3 is 2.61 bits per heavy atom. The Morgan fingerprint density at radius 1 is 1.11 bits per heavy atom. The average molecular weight is 244 g/mol. The highest BCUT2D eigenvalue weighted by molar-refractivity contribution is 5.56. The zero-order chi connectivity index (χ0) is 13.0. The van der Waals surface area contributed by atoms with Gasteiger partial charge in [0, 0.05) is 18.8 Å². The lowest BCUT2D eigenvalue weighted by Gasteiger charge is -2.10. The van der Waals surface area contributed by atoms with Gasteiger partial charge in [-0.05, 0) is 19.9 Å². The van der Waals surface area contributed by atoms with Gasteiger partial charge in [0.15, 0.2) is 0 Å². The zero-order valence-electron chi connectivity index (χ0n) is 10.7. The fraction of sp³-hybridized carbons (Fsp3) is 0.333. The fourth-order valence-electron chi connectivity index (χ4n) is 1.66. The molecule has 6 nitrogen and oxygen atoms in total. The Kier molecular flexibility index (Phi) is 3.66. The fourth-order valence-corrected chi connectivity index (χ4v) is 1.66. The Balaban J connectivity index is 2.11. The highest BCUT2D eigenvalue weighted by Gasteiger charge is 2.05. The molecule has 0 fully saturated rings. The van der Waals surface area contributed by atoms with E-state index in [1.165, 1.54) is 6.33 Å². The summed E-state index contributed by atoms with van der Waals surface area (Å²) in [6.45, 7) is 4.46. The molecule has 0 aliphatic heterocycles. The first-order chi connectivity index (χ1) is 8.70. The quantitative estimate of drug-likeness (QED) is 0.849. The van der Waals surface area contributed by atoms with Crippen LogP contribution in [0.1, 0.15) is 17.1 Å². The van der Waals surface area contributed by atoms with Crippen LogP contribution in [0.25, 0.3) is 0 Å². The first kappa shape index (κ1) is 12.2. The summed E-state index contributed by atoms with van der Waals surface area (Å²) < 4.78 is 0. The average Bonchev–Trinajstić information content (AvgIpc) is 2.38. The minimum absolute atomic E-state index is 0.615. The minimum Gasteiger partial charge on any atom is -0.373 e. The van der Waals surface area contributed by atoms with Gasteiger partial charge < -0.3 is 10.6 Å². The lowest BCUT2D eigenvalue weighted by Crippen LogP contribution is -2.08. The molecule has 2 rings (SSSR count). The Morgan fingerprint density at radius 2 is 1.89 bits per heavy atom. The molecule has 94 valence electrons. The first-order valence-electron chi connectivity index (χ1n) is 5.72. The Labute approximate surface area is 106 Å². The standard InChI is InChI=1S/C12H16N6/c1-8-11(13-3)16-7-17-12(8)15-6-10-4-5-14-9(2)18-10/h4-5,7H,6H2,1-3H3,(H2,13,15,16,17). The van der Waals surface area contributed by atoms with Gasteiger partial charge in [-0.15, -0.1) is 0 Å². The van der Waals surface area contributed by atoms with Crippen molar-refractivity contribution < 1.29 is 0 Å². The molecule has 6 heteroatoms. The van der Waals surface area contributed by atoms with Gasteiger partial charge in [0.25, 0.3) is 0 Å². The summed E-state index contributed by atoms with van der Waals surface area (Å²) in [5, 5.41) is 6.28. The monoisotopic (exact) mass is 244 g/mol. The maximum Gasteiger partial charge on any atom is 0.134 e. The normalized spacial score (nSPS) is 10.2. The number of nitrogens with one attached hydrogen (secondary N) is 2. The molecule has 2 aromatic heterocycles. The van der Waals surface area contributed by atoms with Crippen LogP contribution in [0.4, 0.5) is 11.6 Å². The third kappa shape index (κ3) is 2.71. The molecule has 0 aliphatic rings. The van der Waals surface area contributed by atoms with Crippen LogP contribution in [0.2, 0.25) is 0 Å². The van der Waals surface area contributed by atoms with E-state index in [1.54, 1.807) is 6.20 Å². The van der Waals surface area contributed by atoms with E-state index in [0.29, 0.717) is 6.54 Å². The van der Waals surface area contributed by atoms with E-state index < -0.39 is 0 Å². The van der Waals surface area contributed by atoms with Gasteiger partial charge in [-0.3, -0.25) is 0 Å². The molecule has 0 aromatic carbocycles. The van der Waals surface area contributed by atoms with Crippen molar-refractivity contribution in [2.24, 2.45) is 0 Å². The number of aryl methyl sites for hydroxylation is 1.